The molecule has 2 rings (SSSR count). The Kier molecular flexibility index (Phi) is 6.37. The number of nitrogens with zero attached hydrogens (tertiary/aromatic N) is 1. The molecule has 7 nitrogen and oxygen atoms in total. The molecule has 1 aliphatic heterocycles. The van der Waals surface area contributed by atoms with Crippen molar-refractivity contribution >= 4 is 16.0 Å². The minimum atomic E-state index is -3.39. The number of hydrogen-bond acceptors (Lipinski definition) is 4. The Morgan fingerprint density at radius 2 is 2.04 bits per heavy atom. The molecule has 1 unspecified atom stereocenters. The Morgan fingerprint density at radius 1 is 1.30 bits per heavy atom. The van der Waals surface area contributed by atoms with E-state index in [1.54, 1.807) is 31.3 Å². The molecule has 128 valence electrons. The molecular formula is C15H24N4O3S. The monoisotopic (exact) mass is 340 g/mol. The minimum Gasteiger partial charge on any atom is -0.376 e. The van der Waals surface area contributed by atoms with Crippen molar-refractivity contribution in [2.45, 2.75) is 30.4 Å². The molecule has 1 saturated heterocycles. The average Bonchev–Trinajstić information content (AvgIpc) is 3.09. The van der Waals surface area contributed by atoms with Crippen molar-refractivity contribution in [1.82, 2.24) is 15.4 Å². The summed E-state index contributed by atoms with van der Waals surface area (Å²) >= 11 is 0. The molecule has 3 N–H and O–H groups in total. The molecule has 1 fully saturated rings. The zero-order chi connectivity index (χ0) is 16.7. The lowest BCUT2D eigenvalue weighted by Crippen LogP contribution is -2.40. The predicted octanol–water partition coefficient (Wildman–Crippen LogP) is 0.439. The lowest BCUT2D eigenvalue weighted by molar-refractivity contribution is 0.114. The largest absolute Gasteiger partial charge is 0.376 e. The summed E-state index contributed by atoms with van der Waals surface area (Å²) in [4.78, 5) is 4.42. The molecule has 0 aromatic heterocycles. The van der Waals surface area contributed by atoms with Crippen LogP contribution in [0.1, 0.15) is 18.4 Å². The van der Waals surface area contributed by atoms with Crippen LogP contribution in [-0.4, -0.2) is 47.7 Å². The van der Waals surface area contributed by atoms with Crippen LogP contribution in [0.25, 0.3) is 0 Å². The SMILES string of the molecule is CN=C(NCc1ccc(S(=O)(=O)NC)cc1)NCC1CCCO1. The van der Waals surface area contributed by atoms with Crippen LogP contribution in [0.3, 0.4) is 0 Å². The maximum absolute atomic E-state index is 11.7. The van der Waals surface area contributed by atoms with Crippen molar-refractivity contribution < 1.29 is 13.2 Å². The van der Waals surface area contributed by atoms with Crippen molar-refractivity contribution in [2.75, 3.05) is 27.2 Å². The van der Waals surface area contributed by atoms with Gasteiger partial charge in [-0.15, -0.1) is 0 Å². The Labute approximate surface area is 137 Å². The molecule has 0 spiro atoms. The predicted molar refractivity (Wildman–Crippen MR) is 89.9 cm³/mol. The first kappa shape index (κ1) is 17.7. The molecule has 0 radical (unpaired) electrons. The van der Waals surface area contributed by atoms with E-state index in [0.29, 0.717) is 12.5 Å². The van der Waals surface area contributed by atoms with E-state index in [2.05, 4.69) is 20.3 Å². The van der Waals surface area contributed by atoms with Crippen LogP contribution in [0.4, 0.5) is 0 Å². The van der Waals surface area contributed by atoms with Crippen molar-refractivity contribution in [1.29, 1.82) is 0 Å². The fourth-order valence-electron chi connectivity index (χ4n) is 2.33. The first-order valence-electron chi connectivity index (χ1n) is 7.64. The number of guanidine groups is 1. The van der Waals surface area contributed by atoms with Crippen molar-refractivity contribution in [3.63, 3.8) is 0 Å². The summed E-state index contributed by atoms with van der Waals surface area (Å²) in [6.07, 6.45) is 2.44. The summed E-state index contributed by atoms with van der Waals surface area (Å²) in [5.41, 5.74) is 0.972. The molecule has 1 atom stereocenters. The molecule has 1 aliphatic rings. The smallest absolute Gasteiger partial charge is 0.240 e. The van der Waals surface area contributed by atoms with Crippen LogP contribution in [0, 0.1) is 0 Å². The maximum atomic E-state index is 11.7. The van der Waals surface area contributed by atoms with Gasteiger partial charge in [0, 0.05) is 26.7 Å². The van der Waals surface area contributed by atoms with Gasteiger partial charge in [0.15, 0.2) is 5.96 Å². The highest BCUT2D eigenvalue weighted by molar-refractivity contribution is 7.89. The second-order valence-electron chi connectivity index (χ2n) is 5.29. The van der Waals surface area contributed by atoms with Crippen LogP contribution < -0.4 is 15.4 Å². The first-order valence-corrected chi connectivity index (χ1v) is 9.12. The van der Waals surface area contributed by atoms with Gasteiger partial charge in [-0.3, -0.25) is 4.99 Å². The lowest BCUT2D eigenvalue weighted by Gasteiger charge is -2.15. The van der Waals surface area contributed by atoms with Gasteiger partial charge >= 0.3 is 0 Å². The van der Waals surface area contributed by atoms with Gasteiger partial charge < -0.3 is 15.4 Å². The molecule has 1 aromatic carbocycles. The van der Waals surface area contributed by atoms with Gasteiger partial charge in [0.25, 0.3) is 0 Å². The standard InChI is InChI=1S/C15H24N4O3S/c1-16-15(19-11-13-4-3-9-22-13)18-10-12-5-7-14(8-6-12)23(20,21)17-2/h5-8,13,17H,3-4,9-11H2,1-2H3,(H2,16,18,19). The van der Waals surface area contributed by atoms with E-state index in [4.69, 9.17) is 4.74 Å². The summed E-state index contributed by atoms with van der Waals surface area (Å²) in [5.74, 6) is 0.701. The van der Waals surface area contributed by atoms with E-state index in [1.165, 1.54) is 7.05 Å². The maximum Gasteiger partial charge on any atom is 0.240 e. The van der Waals surface area contributed by atoms with Crippen LogP contribution in [0.5, 0.6) is 0 Å². The van der Waals surface area contributed by atoms with Crippen LogP contribution in [0.2, 0.25) is 0 Å². The van der Waals surface area contributed by atoms with Gasteiger partial charge in [0.05, 0.1) is 11.0 Å². The summed E-state index contributed by atoms with van der Waals surface area (Å²) in [6, 6.07) is 6.74. The number of ether oxygens (including phenoxy) is 1. The number of hydrogen-bond donors (Lipinski definition) is 3. The van der Waals surface area contributed by atoms with Gasteiger partial charge in [-0.2, -0.15) is 0 Å². The number of sulfonamides is 1. The second kappa shape index (κ2) is 8.28. The summed E-state index contributed by atoms with van der Waals surface area (Å²) in [7, 11) is -0.276. The number of nitrogens with one attached hydrogen (secondary N) is 3. The Morgan fingerprint density at radius 3 is 2.61 bits per heavy atom. The molecule has 1 aromatic rings. The highest BCUT2D eigenvalue weighted by Crippen LogP contribution is 2.11. The van der Waals surface area contributed by atoms with Gasteiger partial charge in [-0.25, -0.2) is 13.1 Å². The summed E-state index contributed by atoms with van der Waals surface area (Å²) < 4.78 is 31.2. The third-order valence-corrected chi connectivity index (χ3v) is 5.14. The third kappa shape index (κ3) is 5.19. The van der Waals surface area contributed by atoms with Crippen LogP contribution in [-0.2, 0) is 21.3 Å². The molecule has 0 amide bonds. The Balaban J connectivity index is 1.84. The molecule has 8 heteroatoms. The van der Waals surface area contributed by atoms with Gasteiger partial charge in [-0.05, 0) is 37.6 Å². The van der Waals surface area contributed by atoms with Crippen molar-refractivity contribution in [2.24, 2.45) is 4.99 Å². The molecular weight excluding hydrogens is 316 g/mol. The van der Waals surface area contributed by atoms with Crippen molar-refractivity contribution in [3.05, 3.63) is 29.8 Å². The zero-order valence-electron chi connectivity index (χ0n) is 13.5. The molecule has 23 heavy (non-hydrogen) atoms. The average molecular weight is 340 g/mol. The minimum absolute atomic E-state index is 0.250. The third-order valence-electron chi connectivity index (χ3n) is 3.71. The number of aliphatic imine (C=N–C) groups is 1. The molecule has 1 heterocycles. The lowest BCUT2D eigenvalue weighted by atomic mass is 10.2. The molecule has 0 bridgehead atoms. The first-order chi connectivity index (χ1) is 11.0. The van der Waals surface area contributed by atoms with Gasteiger partial charge in [-0.1, -0.05) is 12.1 Å². The van der Waals surface area contributed by atoms with Crippen LogP contribution >= 0.6 is 0 Å². The number of benzene rings is 1. The van der Waals surface area contributed by atoms with Gasteiger partial charge in [0.2, 0.25) is 10.0 Å². The zero-order valence-corrected chi connectivity index (χ0v) is 14.3. The Hall–Kier alpha value is -1.64. The fourth-order valence-corrected chi connectivity index (χ4v) is 3.06. The van der Waals surface area contributed by atoms with Crippen molar-refractivity contribution in [3.8, 4) is 0 Å². The van der Waals surface area contributed by atoms with E-state index >= 15 is 0 Å². The number of rotatable bonds is 6. The summed E-state index contributed by atoms with van der Waals surface area (Å²) in [6.45, 7) is 2.13. The van der Waals surface area contributed by atoms with Gasteiger partial charge in [0.1, 0.15) is 0 Å². The van der Waals surface area contributed by atoms with E-state index in [0.717, 1.165) is 31.6 Å². The van der Waals surface area contributed by atoms with Crippen LogP contribution in [0.15, 0.2) is 34.2 Å². The molecule has 0 saturated carbocycles. The fraction of sp³-hybridized carbons (Fsp3) is 0.533. The summed E-state index contributed by atoms with van der Waals surface area (Å²) in [5, 5.41) is 6.43. The molecule has 0 aliphatic carbocycles. The van der Waals surface area contributed by atoms with E-state index in [-0.39, 0.29) is 11.0 Å². The topological polar surface area (TPSA) is 91.8 Å². The quantitative estimate of drug-likeness (QED) is 0.516. The van der Waals surface area contributed by atoms with E-state index < -0.39 is 10.0 Å². The van der Waals surface area contributed by atoms with E-state index in [9.17, 15) is 8.42 Å². The second-order valence-corrected chi connectivity index (χ2v) is 7.18. The highest BCUT2D eigenvalue weighted by atomic mass is 32.2. The van der Waals surface area contributed by atoms with E-state index in [1.807, 2.05) is 0 Å². The normalized spacial score (nSPS) is 18.9. The Bertz CT molecular complexity index is 623. The highest BCUT2D eigenvalue weighted by Gasteiger charge is 2.15.